The number of pyridine rings is 2. The molecule has 20 heteroatoms. The second-order valence-electron chi connectivity index (χ2n) is 15.9. The van der Waals surface area contributed by atoms with Crippen LogP contribution in [0.5, 0.6) is 5.88 Å². The monoisotopic (exact) mass is 900 g/mol. The Labute approximate surface area is 362 Å². The summed E-state index contributed by atoms with van der Waals surface area (Å²) in [7, 11) is 6.64. The second kappa shape index (κ2) is 19.7. The highest BCUT2D eigenvalue weighted by molar-refractivity contribution is 8.77. The van der Waals surface area contributed by atoms with Crippen LogP contribution in [0.2, 0.25) is 0 Å². The molecule has 6 rings (SSSR count). The number of benzene rings is 2. The van der Waals surface area contributed by atoms with Crippen molar-refractivity contribution in [3.63, 3.8) is 0 Å². The van der Waals surface area contributed by atoms with Gasteiger partial charge in [-0.05, 0) is 78.4 Å². The minimum atomic E-state index is -1.33. The number of primary amides is 2. The molecule has 4 heterocycles. The first kappa shape index (κ1) is 45.4. The van der Waals surface area contributed by atoms with Gasteiger partial charge in [0.25, 0.3) is 16.7 Å². The number of anilines is 1. The summed E-state index contributed by atoms with van der Waals surface area (Å²) in [5.41, 5.74) is 9.72. The van der Waals surface area contributed by atoms with Crippen LogP contribution in [0.15, 0.2) is 31.5 Å². The van der Waals surface area contributed by atoms with Crippen LogP contribution in [0.1, 0.15) is 78.3 Å². The Hall–Kier alpha value is -4.14. The Morgan fingerprint density at radius 3 is 1.72 bits per heavy atom. The van der Waals surface area contributed by atoms with Gasteiger partial charge in [0.1, 0.15) is 12.1 Å². The molecule has 2 fully saturated rings. The van der Waals surface area contributed by atoms with Gasteiger partial charge in [0, 0.05) is 70.2 Å². The molecular weight excluding hydrogens is 849 g/mol. The molecule has 1 aliphatic carbocycles. The van der Waals surface area contributed by atoms with Gasteiger partial charge in [-0.25, -0.2) is 0 Å². The van der Waals surface area contributed by atoms with Gasteiger partial charge < -0.3 is 32.5 Å². The number of nitrogens with two attached hydrogens (primary N) is 2. The summed E-state index contributed by atoms with van der Waals surface area (Å²) in [5.74, 6) is 0.484. The molecule has 2 saturated heterocycles. The van der Waals surface area contributed by atoms with Gasteiger partial charge in [0.2, 0.25) is 29.5 Å². The third kappa shape index (κ3) is 9.50. The molecule has 8 N–H and O–H groups in total. The minimum Gasteiger partial charge on any atom is -0.494 e. The van der Waals surface area contributed by atoms with Crippen LogP contribution in [0.25, 0.3) is 32.7 Å². The van der Waals surface area contributed by atoms with Crippen LogP contribution in [-0.4, -0.2) is 86.1 Å². The van der Waals surface area contributed by atoms with E-state index in [9.17, 15) is 38.7 Å². The zero-order chi connectivity index (χ0) is 43.4. The van der Waals surface area contributed by atoms with Gasteiger partial charge in [-0.1, -0.05) is 43.2 Å². The lowest BCUT2D eigenvalue weighted by molar-refractivity contribution is -0.124. The largest absolute Gasteiger partial charge is 0.494 e. The van der Waals surface area contributed by atoms with Crippen molar-refractivity contribution in [2.75, 3.05) is 41.4 Å². The molecule has 2 atom stereocenters. The van der Waals surface area contributed by atoms with Crippen LogP contribution in [0.4, 0.5) is 5.69 Å². The Morgan fingerprint density at radius 1 is 0.733 bits per heavy atom. The number of carbonyl (C=O) groups is 4. The van der Waals surface area contributed by atoms with E-state index in [1.54, 1.807) is 57.0 Å². The van der Waals surface area contributed by atoms with E-state index in [2.05, 4.69) is 16.0 Å². The van der Waals surface area contributed by atoms with Crippen molar-refractivity contribution in [1.29, 1.82) is 0 Å². The fourth-order valence-corrected chi connectivity index (χ4v) is 13.4. The van der Waals surface area contributed by atoms with E-state index < -0.39 is 46.5 Å². The molecule has 324 valence electrons. The Morgan fingerprint density at radius 2 is 1.23 bits per heavy atom. The van der Waals surface area contributed by atoms with E-state index in [1.165, 1.54) is 12.1 Å². The highest BCUT2D eigenvalue weighted by Gasteiger charge is 2.34. The average molecular weight is 901 g/mol. The van der Waals surface area contributed by atoms with Crippen molar-refractivity contribution >= 4 is 94.0 Å². The Balaban J connectivity index is 1.44. The highest BCUT2D eigenvalue weighted by atomic mass is 33.1. The van der Waals surface area contributed by atoms with Crippen molar-refractivity contribution in [3.8, 4) is 17.0 Å². The average Bonchev–Trinajstić information content (AvgIpc) is 3.93. The molecule has 4 amide bonds. The van der Waals surface area contributed by atoms with E-state index in [1.807, 2.05) is 13.8 Å². The zero-order valence-corrected chi connectivity index (χ0v) is 37.3. The number of nitrogens with one attached hydrogen (secondary N) is 3. The molecule has 0 radical (unpaired) electrons. The maximum atomic E-state index is 14.7. The number of hydrogen-bond donors (Lipinski definition) is 6. The molecule has 4 aliphatic rings. The predicted octanol–water partition coefficient (Wildman–Crippen LogP) is 3.14. The topological polar surface area (TPSA) is 250 Å². The first-order valence-electron chi connectivity index (χ1n) is 20.2. The second-order valence-corrected chi connectivity index (χ2v) is 21.0. The number of amides is 4. The summed E-state index contributed by atoms with van der Waals surface area (Å²) in [4.78, 5) is 100.0. The number of aromatic hydroxyl groups is 1. The number of hydrogen-bond acceptors (Lipinski definition) is 14. The molecule has 16 nitrogen and oxygen atoms in total. The lowest BCUT2D eigenvalue weighted by atomic mass is 9.88. The van der Waals surface area contributed by atoms with E-state index in [-0.39, 0.29) is 92.3 Å². The lowest BCUT2D eigenvalue weighted by Gasteiger charge is -2.26. The van der Waals surface area contributed by atoms with Crippen molar-refractivity contribution in [1.82, 2.24) is 19.8 Å². The van der Waals surface area contributed by atoms with Crippen LogP contribution in [-0.2, 0) is 19.2 Å². The van der Waals surface area contributed by atoms with Gasteiger partial charge in [-0.3, -0.25) is 47.7 Å². The van der Waals surface area contributed by atoms with E-state index in [0.717, 1.165) is 32.1 Å². The summed E-state index contributed by atoms with van der Waals surface area (Å²) in [5, 5.41) is 21.4. The molecular formula is C40H52N8O8S4. The third-order valence-electron chi connectivity index (χ3n) is 10.7. The summed E-state index contributed by atoms with van der Waals surface area (Å²) >= 11 is 0. The third-order valence-corrected chi connectivity index (χ3v) is 15.8. The van der Waals surface area contributed by atoms with Crippen molar-refractivity contribution in [3.05, 3.63) is 48.6 Å². The number of carbonyl (C=O) groups excluding carboxylic acids is 4. The fraction of sp³-hybridized carbons (Fsp3) is 0.550. The molecule has 0 unspecified atom stereocenters. The maximum Gasteiger partial charge on any atom is 0.264 e. The molecule has 60 heavy (non-hydrogen) atoms. The quantitative estimate of drug-likeness (QED) is 0.0450. The maximum absolute atomic E-state index is 14.7. The normalized spacial score (nSPS) is 16.5. The fourth-order valence-electron chi connectivity index (χ4n) is 7.83. The summed E-state index contributed by atoms with van der Waals surface area (Å²) < 4.78 is 1.83. The number of nitrogens with zero attached hydrogens (tertiary/aromatic N) is 3. The summed E-state index contributed by atoms with van der Waals surface area (Å²) in [6, 6.07) is -0.355. The van der Waals surface area contributed by atoms with Crippen molar-refractivity contribution in [2.45, 2.75) is 90.4 Å². The molecule has 0 saturated carbocycles. The van der Waals surface area contributed by atoms with Crippen LogP contribution < -0.4 is 49.5 Å². The molecule has 0 spiro atoms. The molecule has 3 aliphatic heterocycles. The SMILES string of the molecule is CC(C)N=c1cc2c(=O)n([C@@H](CCCCNC(=O)C3CSSC3)C(N)=O)c(=O)c3c(NC(C)C)cc4c(O)n([C@@H](CCCCNC(=O)C5CSSC5)C(N)=O)c(=O)c1c4c3-2. The summed E-state index contributed by atoms with van der Waals surface area (Å²) in [6.45, 7) is 7.95. The minimum absolute atomic E-state index is 0.0116. The van der Waals surface area contributed by atoms with E-state index >= 15 is 0 Å². The number of unbranched alkanes of at least 4 members (excludes halogenated alkanes) is 2. The van der Waals surface area contributed by atoms with Crippen LogP contribution >= 0.6 is 43.2 Å². The van der Waals surface area contributed by atoms with Gasteiger partial charge >= 0.3 is 0 Å². The number of aromatic nitrogens is 2. The van der Waals surface area contributed by atoms with Gasteiger partial charge in [-0.2, -0.15) is 0 Å². The summed E-state index contributed by atoms with van der Waals surface area (Å²) in [6.07, 6.45) is 1.84. The Kier molecular flexibility index (Phi) is 14.9. The molecule has 1 aromatic heterocycles. The van der Waals surface area contributed by atoms with E-state index in [4.69, 9.17) is 16.5 Å². The van der Waals surface area contributed by atoms with Crippen LogP contribution in [0.3, 0.4) is 0 Å². The smallest absolute Gasteiger partial charge is 0.264 e. The van der Waals surface area contributed by atoms with Gasteiger partial charge in [-0.15, -0.1) is 0 Å². The number of rotatable bonds is 19. The van der Waals surface area contributed by atoms with Crippen molar-refractivity contribution in [2.24, 2.45) is 28.3 Å². The molecule has 2 aromatic rings. The lowest BCUT2D eigenvalue weighted by Crippen LogP contribution is -2.44. The van der Waals surface area contributed by atoms with Gasteiger partial charge in [0.15, 0.2) is 0 Å². The molecule has 0 bridgehead atoms. The zero-order valence-electron chi connectivity index (χ0n) is 34.0. The molecule has 1 aromatic carbocycles. The van der Waals surface area contributed by atoms with Crippen molar-refractivity contribution < 1.29 is 24.3 Å². The van der Waals surface area contributed by atoms with Crippen LogP contribution in [0, 0.1) is 11.8 Å². The Bertz CT molecular complexity index is 2460. The van der Waals surface area contributed by atoms with Gasteiger partial charge in [0.05, 0.1) is 33.5 Å². The first-order chi connectivity index (χ1) is 28.6. The predicted molar refractivity (Wildman–Crippen MR) is 243 cm³/mol. The van der Waals surface area contributed by atoms with E-state index in [0.29, 0.717) is 38.8 Å². The highest BCUT2D eigenvalue weighted by Crippen LogP contribution is 2.42. The standard InChI is InChI=1S/C40H52N8O8S4/c1-19(2)45-25-13-23-30-29-24(38(54)47(39(55)31(25)29)27(33(41)49)9-5-7-11-43-35(51)21-15-57-58-16-21)14-26(46-20(3)4)32(30)40(56)48(37(23)53)28(34(42)50)10-6-8-12-44-36(52)22-17-59-60-18-22/h13-14,19-22,27-28,45,53H,5-12,15-18H2,1-4H3,(H2,41,49)(H2,42,50)(H,43,51)(H,44,52)/t27-,28-/m0/s1. The first-order valence-corrected chi connectivity index (χ1v) is 25.2.